The number of aromatic carboxylic acids is 1. The number of carboxylic acids is 1. The minimum Gasteiger partial charge on any atom is -0.488 e. The van der Waals surface area contributed by atoms with E-state index >= 15 is 0 Å². The largest absolute Gasteiger partial charge is 0.488 e. The van der Waals surface area contributed by atoms with Crippen molar-refractivity contribution in [3.05, 3.63) is 104 Å². The predicted octanol–water partition coefficient (Wildman–Crippen LogP) is 5.32. The van der Waals surface area contributed by atoms with Gasteiger partial charge in [-0.2, -0.15) is 5.26 Å². The van der Waals surface area contributed by atoms with Crippen LogP contribution in [0.15, 0.2) is 78.5 Å². The van der Waals surface area contributed by atoms with Gasteiger partial charge in [-0.1, -0.05) is 36.4 Å². The number of carbonyl (C=O) groups is 2. The smallest absolute Gasteiger partial charge is 0.335 e. The Labute approximate surface area is 221 Å². The molecule has 0 fully saturated rings. The van der Waals surface area contributed by atoms with Crippen molar-refractivity contribution in [3.8, 4) is 11.8 Å². The van der Waals surface area contributed by atoms with E-state index in [9.17, 15) is 14.9 Å². The Morgan fingerprint density at radius 3 is 2.61 bits per heavy atom. The molecule has 0 atom stereocenters. The highest BCUT2D eigenvalue weighted by atomic mass is 127. The van der Waals surface area contributed by atoms with E-state index < -0.39 is 11.9 Å². The van der Waals surface area contributed by atoms with Crippen molar-refractivity contribution in [2.24, 2.45) is 0 Å². The van der Waals surface area contributed by atoms with Crippen LogP contribution in [0.3, 0.4) is 0 Å². The molecule has 0 aliphatic carbocycles. The molecule has 0 unspecified atom stereocenters. The van der Waals surface area contributed by atoms with Crippen LogP contribution in [0.25, 0.3) is 17.0 Å². The number of benzene rings is 3. The summed E-state index contributed by atoms with van der Waals surface area (Å²) in [6.07, 6.45) is 4.14. The second-order valence-corrected chi connectivity index (χ2v) is 9.18. The second-order valence-electron chi connectivity index (χ2n) is 8.02. The third kappa shape index (κ3) is 6.12. The van der Waals surface area contributed by atoms with Gasteiger partial charge in [0.2, 0.25) is 0 Å². The highest BCUT2D eigenvalue weighted by Gasteiger charge is 2.11. The number of rotatable bonds is 9. The number of nitriles is 1. The van der Waals surface area contributed by atoms with Crippen LogP contribution in [0.5, 0.6) is 5.75 Å². The quantitative estimate of drug-likeness (QED) is 0.139. The van der Waals surface area contributed by atoms with Crippen LogP contribution in [-0.4, -0.2) is 28.5 Å². The van der Waals surface area contributed by atoms with Crippen molar-refractivity contribution in [2.75, 3.05) is 6.54 Å². The van der Waals surface area contributed by atoms with Gasteiger partial charge in [0.1, 0.15) is 24.0 Å². The Balaban J connectivity index is 1.35. The maximum absolute atomic E-state index is 12.6. The van der Waals surface area contributed by atoms with Crippen molar-refractivity contribution in [3.63, 3.8) is 0 Å². The zero-order chi connectivity index (χ0) is 25.5. The standard InChI is InChI=1S/C28H22IN3O4/c29-24-14-19(7-10-26(24)36-17-18-5-8-20(9-6-18)28(34)35)13-22(15-30)27(33)31-12-11-21-16-32-25-4-2-1-3-23(21)25/h1-10,13-14,16,32H,11-12,17H2,(H,31,33)(H,34,35). The van der Waals surface area contributed by atoms with Gasteiger partial charge in [-0.05, 0) is 82.1 Å². The molecule has 0 saturated heterocycles. The Morgan fingerprint density at radius 2 is 1.89 bits per heavy atom. The molecule has 4 aromatic rings. The number of H-pyrrole nitrogens is 1. The molecule has 0 aliphatic heterocycles. The number of halogens is 1. The molecule has 0 spiro atoms. The molecule has 1 aromatic heterocycles. The minimum atomic E-state index is -0.972. The van der Waals surface area contributed by atoms with E-state index in [1.807, 2.05) is 42.6 Å². The topological polar surface area (TPSA) is 115 Å². The Hall–Kier alpha value is -4.10. The lowest BCUT2D eigenvalue weighted by Gasteiger charge is -2.10. The molecule has 36 heavy (non-hydrogen) atoms. The summed E-state index contributed by atoms with van der Waals surface area (Å²) in [5, 5.41) is 22.5. The second kappa shape index (κ2) is 11.6. The first-order valence-corrected chi connectivity index (χ1v) is 12.2. The Bertz CT molecular complexity index is 1480. The zero-order valence-corrected chi connectivity index (χ0v) is 21.3. The average molecular weight is 591 g/mol. The third-order valence-electron chi connectivity index (χ3n) is 5.58. The number of aromatic amines is 1. The normalized spacial score (nSPS) is 11.2. The lowest BCUT2D eigenvalue weighted by molar-refractivity contribution is -0.117. The molecule has 4 rings (SSSR count). The molecule has 3 aromatic carbocycles. The van der Waals surface area contributed by atoms with Crippen molar-refractivity contribution in [1.82, 2.24) is 10.3 Å². The molecule has 0 saturated carbocycles. The summed E-state index contributed by atoms with van der Waals surface area (Å²) >= 11 is 2.14. The van der Waals surface area contributed by atoms with E-state index in [0.717, 1.165) is 25.6 Å². The number of carboxylic acid groups (broad SMARTS) is 1. The zero-order valence-electron chi connectivity index (χ0n) is 19.1. The number of aromatic nitrogens is 1. The van der Waals surface area contributed by atoms with Crippen LogP contribution in [0, 0.1) is 14.9 Å². The molecule has 7 nitrogen and oxygen atoms in total. The Kier molecular flexibility index (Phi) is 8.02. The lowest BCUT2D eigenvalue weighted by atomic mass is 10.1. The van der Waals surface area contributed by atoms with E-state index in [0.29, 0.717) is 24.3 Å². The van der Waals surface area contributed by atoms with Gasteiger partial charge in [0.25, 0.3) is 5.91 Å². The van der Waals surface area contributed by atoms with Gasteiger partial charge in [0.15, 0.2) is 0 Å². The van der Waals surface area contributed by atoms with E-state index in [1.54, 1.807) is 30.3 Å². The number of fused-ring (bicyclic) bond motifs is 1. The Morgan fingerprint density at radius 1 is 1.11 bits per heavy atom. The van der Waals surface area contributed by atoms with E-state index in [2.05, 4.69) is 32.9 Å². The van der Waals surface area contributed by atoms with Gasteiger partial charge in [0.05, 0.1) is 9.13 Å². The maximum atomic E-state index is 12.6. The molecule has 1 heterocycles. The molecule has 8 heteroatoms. The fourth-order valence-electron chi connectivity index (χ4n) is 3.69. The summed E-state index contributed by atoms with van der Waals surface area (Å²) in [7, 11) is 0. The number of carbonyl (C=O) groups excluding carboxylic acids is 1. The van der Waals surface area contributed by atoms with Gasteiger partial charge in [-0.3, -0.25) is 4.79 Å². The van der Waals surface area contributed by atoms with Crippen molar-refractivity contribution in [2.45, 2.75) is 13.0 Å². The van der Waals surface area contributed by atoms with Gasteiger partial charge in [-0.25, -0.2) is 4.79 Å². The first-order chi connectivity index (χ1) is 17.4. The van der Waals surface area contributed by atoms with Gasteiger partial charge in [0, 0.05) is 23.6 Å². The molecular formula is C28H22IN3O4. The summed E-state index contributed by atoms with van der Waals surface area (Å²) in [5.41, 5.74) is 3.96. The molecule has 180 valence electrons. The number of nitrogens with one attached hydrogen (secondary N) is 2. The molecular weight excluding hydrogens is 569 g/mol. The molecule has 0 bridgehead atoms. The first kappa shape index (κ1) is 25.0. The predicted molar refractivity (Wildman–Crippen MR) is 145 cm³/mol. The fourth-order valence-corrected chi connectivity index (χ4v) is 4.38. The van der Waals surface area contributed by atoms with Crippen molar-refractivity contribution >= 4 is 51.4 Å². The van der Waals surface area contributed by atoms with E-state index in [-0.39, 0.29) is 17.7 Å². The number of hydrogen-bond acceptors (Lipinski definition) is 4. The minimum absolute atomic E-state index is 0.0249. The van der Waals surface area contributed by atoms with Crippen LogP contribution >= 0.6 is 22.6 Å². The number of amides is 1. The summed E-state index contributed by atoms with van der Waals surface area (Å²) in [4.78, 5) is 26.8. The molecule has 3 N–H and O–H groups in total. The SMILES string of the molecule is N#CC(=Cc1ccc(OCc2ccc(C(=O)O)cc2)c(I)c1)C(=O)NCCc1c[nH]c2ccccc12. The van der Waals surface area contributed by atoms with Crippen molar-refractivity contribution < 1.29 is 19.4 Å². The highest BCUT2D eigenvalue weighted by molar-refractivity contribution is 14.1. The highest BCUT2D eigenvalue weighted by Crippen LogP contribution is 2.24. The number of nitrogens with zero attached hydrogens (tertiary/aromatic N) is 1. The van der Waals surface area contributed by atoms with Crippen LogP contribution in [-0.2, 0) is 17.8 Å². The first-order valence-electron chi connectivity index (χ1n) is 11.1. The number of hydrogen-bond donors (Lipinski definition) is 3. The fraction of sp³-hybridized carbons (Fsp3) is 0.107. The van der Waals surface area contributed by atoms with Gasteiger partial charge in [-0.15, -0.1) is 0 Å². The van der Waals surface area contributed by atoms with Crippen LogP contribution in [0.1, 0.15) is 27.0 Å². The number of ether oxygens (including phenoxy) is 1. The summed E-state index contributed by atoms with van der Waals surface area (Å²) in [6, 6.07) is 21.9. The molecule has 0 aliphatic rings. The summed E-state index contributed by atoms with van der Waals surface area (Å²) in [5.74, 6) is -0.741. The summed E-state index contributed by atoms with van der Waals surface area (Å²) in [6.45, 7) is 0.699. The van der Waals surface area contributed by atoms with Gasteiger partial charge >= 0.3 is 5.97 Å². The maximum Gasteiger partial charge on any atom is 0.335 e. The van der Waals surface area contributed by atoms with E-state index in [1.165, 1.54) is 12.1 Å². The van der Waals surface area contributed by atoms with Crippen molar-refractivity contribution in [1.29, 1.82) is 5.26 Å². The van der Waals surface area contributed by atoms with Crippen LogP contribution < -0.4 is 10.1 Å². The van der Waals surface area contributed by atoms with Crippen LogP contribution in [0.2, 0.25) is 0 Å². The molecule has 1 amide bonds. The monoisotopic (exact) mass is 591 g/mol. The van der Waals surface area contributed by atoms with Crippen LogP contribution in [0.4, 0.5) is 0 Å². The number of para-hydroxylation sites is 1. The third-order valence-corrected chi connectivity index (χ3v) is 6.43. The summed E-state index contributed by atoms with van der Waals surface area (Å²) < 4.78 is 6.67. The molecule has 0 radical (unpaired) electrons. The van der Waals surface area contributed by atoms with Gasteiger partial charge < -0.3 is 20.1 Å². The lowest BCUT2D eigenvalue weighted by Crippen LogP contribution is -2.26. The average Bonchev–Trinajstić information content (AvgIpc) is 3.30. The van der Waals surface area contributed by atoms with E-state index in [4.69, 9.17) is 9.84 Å².